The Balaban J connectivity index is 2.27. The topological polar surface area (TPSA) is 90.2 Å². The SMILES string of the molecule is COCCNc1ncnc(Sc2ccc(Cl)cc2)c1[N+](=O)[O-]. The maximum atomic E-state index is 11.3. The lowest BCUT2D eigenvalue weighted by Gasteiger charge is -2.08. The molecule has 116 valence electrons. The maximum Gasteiger partial charge on any atom is 0.343 e. The third-order valence-corrected chi connectivity index (χ3v) is 3.85. The molecule has 2 aromatic rings. The summed E-state index contributed by atoms with van der Waals surface area (Å²) in [6.07, 6.45) is 1.29. The molecule has 0 aliphatic carbocycles. The van der Waals surface area contributed by atoms with Crippen molar-refractivity contribution < 1.29 is 9.66 Å². The maximum absolute atomic E-state index is 11.3. The van der Waals surface area contributed by atoms with Gasteiger partial charge in [-0.1, -0.05) is 23.4 Å². The van der Waals surface area contributed by atoms with Gasteiger partial charge >= 0.3 is 5.69 Å². The number of halogens is 1. The second kappa shape index (κ2) is 7.92. The lowest BCUT2D eigenvalue weighted by atomic mass is 10.4. The average Bonchev–Trinajstić information content (AvgIpc) is 2.50. The summed E-state index contributed by atoms with van der Waals surface area (Å²) >= 11 is 7.01. The Morgan fingerprint density at radius 3 is 2.73 bits per heavy atom. The number of anilines is 1. The highest BCUT2D eigenvalue weighted by Gasteiger charge is 2.23. The van der Waals surface area contributed by atoms with Crippen LogP contribution < -0.4 is 5.32 Å². The Bertz CT molecular complexity index is 654. The van der Waals surface area contributed by atoms with Gasteiger partial charge in [0, 0.05) is 23.6 Å². The van der Waals surface area contributed by atoms with E-state index in [2.05, 4.69) is 15.3 Å². The molecule has 9 heteroatoms. The molecule has 1 heterocycles. The number of aromatic nitrogens is 2. The van der Waals surface area contributed by atoms with E-state index >= 15 is 0 Å². The van der Waals surface area contributed by atoms with E-state index in [1.54, 1.807) is 31.4 Å². The predicted molar refractivity (Wildman–Crippen MR) is 84.6 cm³/mol. The van der Waals surface area contributed by atoms with E-state index in [-0.39, 0.29) is 16.5 Å². The minimum Gasteiger partial charge on any atom is -0.383 e. The molecule has 0 fully saturated rings. The second-order valence-corrected chi connectivity index (χ2v) is 5.61. The number of nitrogens with one attached hydrogen (secondary N) is 1. The molecule has 1 aromatic heterocycles. The largest absolute Gasteiger partial charge is 0.383 e. The zero-order valence-corrected chi connectivity index (χ0v) is 13.2. The van der Waals surface area contributed by atoms with Crippen molar-refractivity contribution in [1.82, 2.24) is 9.97 Å². The third kappa shape index (κ3) is 4.30. The number of hydrogen-bond acceptors (Lipinski definition) is 7. The first-order valence-corrected chi connectivity index (χ1v) is 7.47. The quantitative estimate of drug-likeness (QED) is 0.358. The van der Waals surface area contributed by atoms with Gasteiger partial charge in [-0.05, 0) is 24.3 Å². The number of rotatable bonds is 7. The third-order valence-electron chi connectivity index (χ3n) is 2.60. The highest BCUT2D eigenvalue weighted by molar-refractivity contribution is 7.99. The summed E-state index contributed by atoms with van der Waals surface area (Å²) in [5.41, 5.74) is -0.154. The molecule has 0 aliphatic heterocycles. The molecule has 1 N–H and O–H groups in total. The van der Waals surface area contributed by atoms with E-state index in [0.29, 0.717) is 18.2 Å². The zero-order chi connectivity index (χ0) is 15.9. The fourth-order valence-corrected chi connectivity index (χ4v) is 2.61. The first kappa shape index (κ1) is 16.5. The molecule has 0 radical (unpaired) electrons. The van der Waals surface area contributed by atoms with Gasteiger partial charge in [-0.15, -0.1) is 0 Å². The van der Waals surface area contributed by atoms with Crippen molar-refractivity contribution in [3.05, 3.63) is 45.7 Å². The van der Waals surface area contributed by atoms with E-state index in [4.69, 9.17) is 16.3 Å². The number of benzene rings is 1. The van der Waals surface area contributed by atoms with Crippen molar-refractivity contribution in [3.8, 4) is 0 Å². The van der Waals surface area contributed by atoms with Gasteiger partial charge in [0.2, 0.25) is 5.82 Å². The Kier molecular flexibility index (Phi) is 5.93. The number of methoxy groups -OCH3 is 1. The van der Waals surface area contributed by atoms with Crippen LogP contribution in [0.3, 0.4) is 0 Å². The van der Waals surface area contributed by atoms with E-state index in [9.17, 15) is 10.1 Å². The van der Waals surface area contributed by atoms with Gasteiger partial charge < -0.3 is 10.1 Å². The molecule has 22 heavy (non-hydrogen) atoms. The Morgan fingerprint density at radius 2 is 2.09 bits per heavy atom. The summed E-state index contributed by atoms with van der Waals surface area (Å²) in [5.74, 6) is 0.175. The highest BCUT2D eigenvalue weighted by atomic mass is 35.5. The summed E-state index contributed by atoms with van der Waals surface area (Å²) in [7, 11) is 1.55. The van der Waals surface area contributed by atoms with E-state index < -0.39 is 4.92 Å². The van der Waals surface area contributed by atoms with E-state index in [1.807, 2.05) is 0 Å². The van der Waals surface area contributed by atoms with Crippen LogP contribution in [0.15, 0.2) is 40.5 Å². The van der Waals surface area contributed by atoms with Crippen molar-refractivity contribution in [1.29, 1.82) is 0 Å². The van der Waals surface area contributed by atoms with E-state index in [1.165, 1.54) is 18.1 Å². The molecule has 0 unspecified atom stereocenters. The molecular formula is C13H13ClN4O3S. The first-order chi connectivity index (χ1) is 10.6. The van der Waals surface area contributed by atoms with Gasteiger partial charge in [0.1, 0.15) is 6.33 Å². The molecule has 1 aromatic carbocycles. The summed E-state index contributed by atoms with van der Waals surface area (Å²) in [5, 5.41) is 15.1. The molecular weight excluding hydrogens is 328 g/mol. The fraction of sp³-hybridized carbons (Fsp3) is 0.231. The van der Waals surface area contributed by atoms with Crippen LogP contribution in [0.5, 0.6) is 0 Å². The minimum atomic E-state index is -0.493. The van der Waals surface area contributed by atoms with Crippen LogP contribution in [-0.4, -0.2) is 35.2 Å². The molecule has 0 saturated carbocycles. The van der Waals surface area contributed by atoms with Gasteiger partial charge in [0.15, 0.2) is 5.03 Å². The summed E-state index contributed by atoms with van der Waals surface area (Å²) in [6.45, 7) is 0.834. The predicted octanol–water partition coefficient (Wildman–Crippen LogP) is 3.25. The molecule has 0 spiro atoms. The van der Waals surface area contributed by atoms with E-state index in [0.717, 1.165) is 4.90 Å². The second-order valence-electron chi connectivity index (χ2n) is 4.11. The average molecular weight is 341 g/mol. The molecule has 0 atom stereocenters. The molecule has 0 saturated heterocycles. The Labute approximate surface area is 136 Å². The van der Waals surface area contributed by atoms with Crippen molar-refractivity contribution in [2.24, 2.45) is 0 Å². The fourth-order valence-electron chi connectivity index (χ4n) is 1.62. The molecule has 0 amide bonds. The first-order valence-electron chi connectivity index (χ1n) is 6.27. The van der Waals surface area contributed by atoms with Gasteiger partial charge in [-0.25, -0.2) is 9.97 Å². The van der Waals surface area contributed by atoms with Gasteiger partial charge in [-0.3, -0.25) is 10.1 Å². The van der Waals surface area contributed by atoms with Gasteiger partial charge in [-0.2, -0.15) is 0 Å². The summed E-state index contributed by atoms with van der Waals surface area (Å²) < 4.78 is 4.91. The van der Waals surface area contributed by atoms with Crippen LogP contribution >= 0.6 is 23.4 Å². The highest BCUT2D eigenvalue weighted by Crippen LogP contribution is 2.36. The minimum absolute atomic E-state index is 0.154. The van der Waals surface area contributed by atoms with Crippen LogP contribution in [0.2, 0.25) is 5.02 Å². The van der Waals surface area contributed by atoms with Crippen molar-refractivity contribution in [2.45, 2.75) is 9.92 Å². The normalized spacial score (nSPS) is 10.5. The number of ether oxygens (including phenoxy) is 1. The molecule has 0 bridgehead atoms. The monoisotopic (exact) mass is 340 g/mol. The Morgan fingerprint density at radius 1 is 1.36 bits per heavy atom. The van der Waals surface area contributed by atoms with Crippen molar-refractivity contribution in [3.63, 3.8) is 0 Å². The number of hydrogen-bond donors (Lipinski definition) is 1. The lowest BCUT2D eigenvalue weighted by molar-refractivity contribution is -0.387. The van der Waals surface area contributed by atoms with Crippen LogP contribution in [0.25, 0.3) is 0 Å². The standard InChI is InChI=1S/C13H13ClN4O3S/c1-21-7-6-15-12-11(18(19)20)13(17-8-16-12)22-10-4-2-9(14)3-5-10/h2-5,8H,6-7H2,1H3,(H,15,16,17). The van der Waals surface area contributed by atoms with Gasteiger partial charge in [0.25, 0.3) is 0 Å². The summed E-state index contributed by atoms with van der Waals surface area (Å²) in [4.78, 5) is 19.6. The molecule has 7 nitrogen and oxygen atoms in total. The Hall–Kier alpha value is -1.90. The van der Waals surface area contributed by atoms with Crippen LogP contribution in [-0.2, 0) is 4.74 Å². The number of nitrogens with zero attached hydrogens (tertiary/aromatic N) is 3. The van der Waals surface area contributed by atoms with Crippen molar-refractivity contribution >= 4 is 34.9 Å². The molecule has 0 aliphatic rings. The summed E-state index contributed by atoms with van der Waals surface area (Å²) in [6, 6.07) is 6.98. The number of nitro groups is 1. The van der Waals surface area contributed by atoms with Crippen LogP contribution in [0.4, 0.5) is 11.5 Å². The lowest BCUT2D eigenvalue weighted by Crippen LogP contribution is -2.11. The smallest absolute Gasteiger partial charge is 0.343 e. The van der Waals surface area contributed by atoms with Gasteiger partial charge in [0.05, 0.1) is 11.5 Å². The van der Waals surface area contributed by atoms with Crippen LogP contribution in [0.1, 0.15) is 0 Å². The van der Waals surface area contributed by atoms with Crippen molar-refractivity contribution in [2.75, 3.05) is 25.6 Å². The zero-order valence-electron chi connectivity index (χ0n) is 11.7. The van der Waals surface area contributed by atoms with Crippen LogP contribution in [0, 0.1) is 10.1 Å². The molecule has 2 rings (SSSR count).